The first-order valence-electron chi connectivity index (χ1n) is 12.9. The molecule has 38 heavy (non-hydrogen) atoms. The smallest absolute Gasteiger partial charge is 0.216 e. The zero-order chi connectivity index (χ0) is 26.4. The molecule has 4 aromatic carbocycles. The highest BCUT2D eigenvalue weighted by Gasteiger charge is 2.26. The van der Waals surface area contributed by atoms with Gasteiger partial charge in [0, 0.05) is 28.5 Å². The quantitative estimate of drug-likeness (QED) is 0.195. The number of rotatable bonds is 4. The van der Waals surface area contributed by atoms with Crippen LogP contribution in [0.25, 0.3) is 44.3 Å². The Kier molecular flexibility index (Phi) is 5.74. The molecule has 0 saturated heterocycles. The molecule has 0 unspecified atom stereocenters. The van der Waals surface area contributed by atoms with Gasteiger partial charge in [-0.25, -0.2) is 4.57 Å². The molecule has 0 spiro atoms. The van der Waals surface area contributed by atoms with E-state index in [9.17, 15) is 5.26 Å². The van der Waals surface area contributed by atoms with Gasteiger partial charge in [0.05, 0.1) is 17.2 Å². The molecule has 4 heteroatoms. The summed E-state index contributed by atoms with van der Waals surface area (Å²) < 4.78 is 8.83. The maximum atomic E-state index is 10.1. The van der Waals surface area contributed by atoms with E-state index >= 15 is 0 Å². The largest absolute Gasteiger partial charge is 0.454 e. The van der Waals surface area contributed by atoms with Crippen LogP contribution in [0.2, 0.25) is 13.1 Å². The van der Waals surface area contributed by atoms with Crippen molar-refractivity contribution in [1.82, 2.24) is 0 Å². The lowest BCUT2D eigenvalue weighted by Gasteiger charge is -2.24. The number of nitriles is 1. The Morgan fingerprint density at radius 1 is 0.711 bits per heavy atom. The molecule has 6 rings (SSSR count). The lowest BCUT2D eigenvalue weighted by molar-refractivity contribution is -0.660. The molecule has 3 nitrogen and oxygen atoms in total. The Hall–Kier alpha value is -4.46. The van der Waals surface area contributed by atoms with Crippen molar-refractivity contribution >= 4 is 40.4 Å². The van der Waals surface area contributed by atoms with Crippen LogP contribution in [0, 0.1) is 18.3 Å². The van der Waals surface area contributed by atoms with Crippen molar-refractivity contribution in [3.05, 3.63) is 114 Å². The summed E-state index contributed by atoms with van der Waals surface area (Å²) in [5.41, 5.74) is 7.41. The van der Waals surface area contributed by atoms with Crippen molar-refractivity contribution in [2.75, 3.05) is 0 Å². The predicted octanol–water partition coefficient (Wildman–Crippen LogP) is 6.75. The van der Waals surface area contributed by atoms with Gasteiger partial charge in [-0.05, 0) is 36.2 Å². The first kappa shape index (κ1) is 23.9. The fraction of sp³-hybridized carbons (Fsp3) is 0.118. The van der Waals surface area contributed by atoms with Crippen molar-refractivity contribution in [2.24, 2.45) is 7.05 Å². The minimum atomic E-state index is -1.83. The fourth-order valence-corrected chi connectivity index (χ4v) is 7.92. The molecule has 0 saturated carbocycles. The van der Waals surface area contributed by atoms with E-state index < -0.39 is 8.07 Å². The van der Waals surface area contributed by atoms with E-state index in [4.69, 9.17) is 4.42 Å². The van der Waals surface area contributed by atoms with E-state index in [-0.39, 0.29) is 0 Å². The maximum absolute atomic E-state index is 10.1. The van der Waals surface area contributed by atoms with Gasteiger partial charge in [-0.15, -0.1) is 0 Å². The van der Waals surface area contributed by atoms with Crippen LogP contribution < -0.4 is 14.9 Å². The second kappa shape index (κ2) is 9.13. The molecular formula is C34H29N2OSi+. The van der Waals surface area contributed by atoms with Gasteiger partial charge in [0.1, 0.15) is 26.3 Å². The van der Waals surface area contributed by atoms with Crippen molar-refractivity contribution < 1.29 is 8.98 Å². The number of furan rings is 1. The van der Waals surface area contributed by atoms with E-state index in [1.165, 1.54) is 10.4 Å². The molecular weight excluding hydrogens is 480 g/mol. The van der Waals surface area contributed by atoms with Crippen LogP contribution >= 0.6 is 0 Å². The van der Waals surface area contributed by atoms with Crippen LogP contribution in [0.3, 0.4) is 0 Å². The highest BCUT2D eigenvalue weighted by molar-refractivity contribution is 7.00. The SMILES string of the molecule is Cc1ccc2c(oc3c(-c4ccc([Si](C)(C)c5ccccc5)cc4)c(C#N)ccc32)c1-c1cccc[n+]1C. The van der Waals surface area contributed by atoms with E-state index in [0.29, 0.717) is 5.56 Å². The maximum Gasteiger partial charge on any atom is 0.216 e. The van der Waals surface area contributed by atoms with E-state index in [0.717, 1.165) is 49.9 Å². The molecule has 0 fully saturated rings. The Morgan fingerprint density at radius 3 is 2.03 bits per heavy atom. The summed E-state index contributed by atoms with van der Waals surface area (Å²) in [6.07, 6.45) is 2.05. The van der Waals surface area contributed by atoms with Gasteiger partial charge in [0.15, 0.2) is 6.20 Å². The number of hydrogen-bond donors (Lipinski definition) is 0. The van der Waals surface area contributed by atoms with Gasteiger partial charge >= 0.3 is 0 Å². The van der Waals surface area contributed by atoms with Gasteiger partial charge in [0.2, 0.25) is 5.69 Å². The Balaban J connectivity index is 1.56. The van der Waals surface area contributed by atoms with Gasteiger partial charge < -0.3 is 4.42 Å². The van der Waals surface area contributed by atoms with Crippen LogP contribution in [-0.2, 0) is 7.05 Å². The monoisotopic (exact) mass is 509 g/mol. The highest BCUT2D eigenvalue weighted by Crippen LogP contribution is 2.41. The average Bonchev–Trinajstić information content (AvgIpc) is 3.32. The topological polar surface area (TPSA) is 40.8 Å². The van der Waals surface area contributed by atoms with Gasteiger partial charge in [-0.1, -0.05) is 90.2 Å². The predicted molar refractivity (Wildman–Crippen MR) is 158 cm³/mol. The zero-order valence-corrected chi connectivity index (χ0v) is 23.1. The van der Waals surface area contributed by atoms with Crippen molar-refractivity contribution in [2.45, 2.75) is 20.0 Å². The summed E-state index contributed by atoms with van der Waals surface area (Å²) in [7, 11) is 0.224. The molecule has 0 aliphatic rings. The zero-order valence-electron chi connectivity index (χ0n) is 22.1. The van der Waals surface area contributed by atoms with E-state index in [1.807, 2.05) is 18.2 Å². The number of hydrogen-bond acceptors (Lipinski definition) is 2. The summed E-state index contributed by atoms with van der Waals surface area (Å²) in [5, 5.41) is 14.9. The summed E-state index contributed by atoms with van der Waals surface area (Å²) in [4.78, 5) is 0. The molecule has 0 aliphatic carbocycles. The Morgan fingerprint density at radius 2 is 1.34 bits per heavy atom. The number of aromatic nitrogens is 1. The van der Waals surface area contributed by atoms with Crippen molar-refractivity contribution in [3.63, 3.8) is 0 Å². The standard InChI is InChI=1S/C34H29N2OSi/c1-23-13-19-28-29-20-16-25(22-35)32(34(29)37-33(28)31(23)30-12-8-9-21-36(30)2)24-14-17-27(18-15-24)38(3,4)26-10-6-5-7-11-26/h5-21H,1-4H3/q+1. The number of pyridine rings is 1. The molecule has 0 bridgehead atoms. The second-order valence-corrected chi connectivity index (χ2v) is 14.9. The van der Waals surface area contributed by atoms with E-state index in [1.54, 1.807) is 0 Å². The van der Waals surface area contributed by atoms with E-state index in [2.05, 4.69) is 123 Å². The van der Waals surface area contributed by atoms with Gasteiger partial charge in [0.25, 0.3) is 0 Å². The number of nitrogens with zero attached hydrogens (tertiary/aromatic N) is 2. The van der Waals surface area contributed by atoms with Crippen molar-refractivity contribution in [3.8, 4) is 28.5 Å². The van der Waals surface area contributed by atoms with Crippen LogP contribution in [0.5, 0.6) is 0 Å². The number of benzene rings is 4. The molecule has 0 atom stereocenters. The minimum Gasteiger partial charge on any atom is -0.454 e. The molecule has 0 radical (unpaired) electrons. The number of fused-ring (bicyclic) bond motifs is 3. The van der Waals surface area contributed by atoms with Gasteiger partial charge in [-0.3, -0.25) is 0 Å². The summed E-state index contributed by atoms with van der Waals surface area (Å²) in [6, 6.07) is 36.4. The van der Waals surface area contributed by atoms with Crippen LogP contribution in [-0.4, -0.2) is 8.07 Å². The first-order valence-corrected chi connectivity index (χ1v) is 15.9. The molecule has 2 aromatic heterocycles. The lowest BCUT2D eigenvalue weighted by atomic mass is 9.96. The Labute approximate surface area is 224 Å². The molecule has 0 amide bonds. The van der Waals surface area contributed by atoms with Crippen LogP contribution in [0.1, 0.15) is 11.1 Å². The molecule has 2 heterocycles. The minimum absolute atomic E-state index is 0.618. The Bertz CT molecular complexity index is 1860. The van der Waals surface area contributed by atoms with Crippen LogP contribution in [0.15, 0.2) is 108 Å². The first-order chi connectivity index (χ1) is 18.4. The summed E-state index contributed by atoms with van der Waals surface area (Å²) >= 11 is 0. The fourth-order valence-electron chi connectivity index (χ4n) is 5.56. The highest BCUT2D eigenvalue weighted by atomic mass is 28.3. The van der Waals surface area contributed by atoms with Crippen molar-refractivity contribution in [1.29, 1.82) is 5.26 Å². The third kappa shape index (κ3) is 3.75. The third-order valence-corrected chi connectivity index (χ3v) is 11.4. The normalized spacial score (nSPS) is 11.7. The molecule has 184 valence electrons. The summed E-state index contributed by atoms with van der Waals surface area (Å²) in [6.45, 7) is 6.88. The molecule has 6 aromatic rings. The molecule has 0 aliphatic heterocycles. The second-order valence-electron chi connectivity index (χ2n) is 10.5. The third-order valence-electron chi connectivity index (χ3n) is 7.84. The molecule has 0 N–H and O–H groups in total. The number of aryl methyl sites for hydroxylation is 2. The average molecular weight is 510 g/mol. The lowest BCUT2D eigenvalue weighted by Crippen LogP contribution is -2.52. The van der Waals surface area contributed by atoms with Crippen LogP contribution in [0.4, 0.5) is 0 Å². The summed E-state index contributed by atoms with van der Waals surface area (Å²) in [5.74, 6) is 0. The van der Waals surface area contributed by atoms with Gasteiger partial charge in [-0.2, -0.15) is 5.26 Å².